The minimum Gasteiger partial charge on any atom is -0.321 e. The minimum atomic E-state index is -4.03. The fraction of sp³-hybridized carbons (Fsp3) is 0. The van der Waals surface area contributed by atoms with Crippen LogP contribution in [0.3, 0.4) is 0 Å². The van der Waals surface area contributed by atoms with Gasteiger partial charge in [-0.15, -0.1) is 11.3 Å². The van der Waals surface area contributed by atoms with Gasteiger partial charge in [-0.2, -0.15) is 0 Å². The number of amides is 1. The van der Waals surface area contributed by atoms with Gasteiger partial charge in [-0.05, 0) is 47.8 Å². The van der Waals surface area contributed by atoms with Gasteiger partial charge in [-0.1, -0.05) is 23.7 Å². The van der Waals surface area contributed by atoms with Crippen LogP contribution in [0.1, 0.15) is 9.67 Å². The van der Waals surface area contributed by atoms with E-state index in [1.54, 1.807) is 29.6 Å². The van der Waals surface area contributed by atoms with Crippen LogP contribution in [0.5, 0.6) is 0 Å². The summed E-state index contributed by atoms with van der Waals surface area (Å²) in [5, 5.41) is 4.69. The number of sulfonamides is 1. The molecule has 0 aliphatic rings. The van der Waals surface area contributed by atoms with Gasteiger partial charge >= 0.3 is 0 Å². The lowest BCUT2D eigenvalue weighted by Crippen LogP contribution is -2.17. The first kappa shape index (κ1) is 18.4. The third-order valence-electron chi connectivity index (χ3n) is 3.30. The molecule has 1 amide bonds. The molecule has 0 radical (unpaired) electrons. The lowest BCUT2D eigenvalue weighted by Gasteiger charge is -2.10. The van der Waals surface area contributed by atoms with Crippen LogP contribution < -0.4 is 10.0 Å². The van der Waals surface area contributed by atoms with Crippen LogP contribution >= 0.6 is 22.9 Å². The Bertz CT molecular complexity index is 1070. The number of carbonyl (C=O) groups is 1. The maximum absolute atomic E-state index is 13.3. The zero-order valence-corrected chi connectivity index (χ0v) is 15.5. The number of hydrogen-bond donors (Lipinski definition) is 2. The molecule has 0 atom stereocenters. The van der Waals surface area contributed by atoms with Gasteiger partial charge in [0.05, 0.1) is 10.6 Å². The van der Waals surface area contributed by atoms with Gasteiger partial charge in [0.2, 0.25) is 0 Å². The van der Waals surface area contributed by atoms with E-state index in [-0.39, 0.29) is 15.5 Å². The molecule has 5 nitrogen and oxygen atoms in total. The molecule has 0 saturated carbocycles. The molecule has 0 spiro atoms. The zero-order valence-electron chi connectivity index (χ0n) is 13.1. The predicted molar refractivity (Wildman–Crippen MR) is 101 cm³/mol. The van der Waals surface area contributed by atoms with E-state index in [0.717, 1.165) is 23.5 Å². The number of benzene rings is 2. The molecule has 0 aliphatic heterocycles. The quantitative estimate of drug-likeness (QED) is 0.645. The highest BCUT2D eigenvalue weighted by Gasteiger charge is 2.20. The number of rotatable bonds is 5. The van der Waals surface area contributed by atoms with E-state index in [2.05, 4.69) is 10.0 Å². The predicted octanol–water partition coefficient (Wildman–Crippen LogP) is 4.59. The second-order valence-corrected chi connectivity index (χ2v) is 8.23. The van der Waals surface area contributed by atoms with Crippen molar-refractivity contribution in [3.8, 4) is 0 Å². The summed E-state index contributed by atoms with van der Waals surface area (Å²) in [6, 6.07) is 12.7. The average molecular weight is 411 g/mol. The van der Waals surface area contributed by atoms with E-state index in [1.165, 1.54) is 18.2 Å². The van der Waals surface area contributed by atoms with Crippen molar-refractivity contribution < 1.29 is 17.6 Å². The Morgan fingerprint density at radius 2 is 1.85 bits per heavy atom. The van der Waals surface area contributed by atoms with Crippen molar-refractivity contribution in [1.82, 2.24) is 0 Å². The Kier molecular flexibility index (Phi) is 5.26. The van der Waals surface area contributed by atoms with Gasteiger partial charge in [0.25, 0.3) is 15.9 Å². The van der Waals surface area contributed by atoms with Crippen LogP contribution in [-0.2, 0) is 10.0 Å². The second-order valence-electron chi connectivity index (χ2n) is 5.19. The van der Waals surface area contributed by atoms with E-state index in [4.69, 9.17) is 11.6 Å². The van der Waals surface area contributed by atoms with Crippen LogP contribution in [-0.4, -0.2) is 14.3 Å². The fourth-order valence-electron chi connectivity index (χ4n) is 2.16. The Balaban J connectivity index is 1.83. The van der Waals surface area contributed by atoms with Gasteiger partial charge in [0.1, 0.15) is 10.7 Å². The highest BCUT2D eigenvalue weighted by Crippen LogP contribution is 2.27. The molecule has 1 aromatic heterocycles. The maximum Gasteiger partial charge on any atom is 0.267 e. The van der Waals surface area contributed by atoms with Crippen LogP contribution in [0.4, 0.5) is 15.8 Å². The number of anilines is 2. The van der Waals surface area contributed by atoms with Crippen molar-refractivity contribution in [3.05, 3.63) is 75.7 Å². The van der Waals surface area contributed by atoms with Gasteiger partial charge in [0, 0.05) is 10.7 Å². The Morgan fingerprint density at radius 3 is 2.58 bits per heavy atom. The smallest absolute Gasteiger partial charge is 0.267 e. The van der Waals surface area contributed by atoms with E-state index >= 15 is 0 Å². The first-order chi connectivity index (χ1) is 12.3. The summed E-state index contributed by atoms with van der Waals surface area (Å²) in [5.74, 6) is -1.16. The number of carbonyl (C=O) groups excluding carboxylic acids is 1. The van der Waals surface area contributed by atoms with Gasteiger partial charge in [-0.3, -0.25) is 9.52 Å². The van der Waals surface area contributed by atoms with Crippen LogP contribution in [0.2, 0.25) is 5.02 Å². The molecule has 9 heteroatoms. The van der Waals surface area contributed by atoms with E-state index in [9.17, 15) is 17.6 Å². The first-order valence-corrected chi connectivity index (χ1v) is 10.0. The molecule has 0 bridgehead atoms. The van der Waals surface area contributed by atoms with Crippen molar-refractivity contribution in [2.24, 2.45) is 0 Å². The normalized spacial score (nSPS) is 11.2. The van der Waals surface area contributed by atoms with Crippen LogP contribution in [0.15, 0.2) is 64.9 Å². The molecule has 26 heavy (non-hydrogen) atoms. The summed E-state index contributed by atoms with van der Waals surface area (Å²) in [6.45, 7) is 0. The molecule has 2 aromatic carbocycles. The van der Waals surface area contributed by atoms with Crippen LogP contribution in [0, 0.1) is 5.82 Å². The topological polar surface area (TPSA) is 75.3 Å². The van der Waals surface area contributed by atoms with E-state index < -0.39 is 21.7 Å². The summed E-state index contributed by atoms with van der Waals surface area (Å²) in [7, 11) is -4.03. The zero-order chi connectivity index (χ0) is 18.7. The van der Waals surface area contributed by atoms with Gasteiger partial charge in [-0.25, -0.2) is 12.8 Å². The monoisotopic (exact) mass is 410 g/mol. The van der Waals surface area contributed by atoms with E-state index in [1.807, 2.05) is 0 Å². The molecule has 3 rings (SSSR count). The summed E-state index contributed by atoms with van der Waals surface area (Å²) in [6.07, 6.45) is 0. The molecule has 0 aliphatic carbocycles. The second kappa shape index (κ2) is 7.45. The minimum absolute atomic E-state index is 0.110. The van der Waals surface area contributed by atoms with Crippen molar-refractivity contribution in [3.63, 3.8) is 0 Å². The third-order valence-corrected chi connectivity index (χ3v) is 5.82. The number of thiophene rings is 1. The van der Waals surface area contributed by atoms with Gasteiger partial charge in [0.15, 0.2) is 0 Å². The van der Waals surface area contributed by atoms with Crippen molar-refractivity contribution in [2.45, 2.75) is 4.90 Å². The van der Waals surface area contributed by atoms with Gasteiger partial charge < -0.3 is 5.32 Å². The van der Waals surface area contributed by atoms with E-state index in [0.29, 0.717) is 10.7 Å². The van der Waals surface area contributed by atoms with Crippen LogP contribution in [0.25, 0.3) is 0 Å². The SMILES string of the molecule is O=C(Nc1cccc(Cl)c1)c1sccc1NS(=O)(=O)c1cccc(F)c1. The molecule has 0 saturated heterocycles. The molecular weight excluding hydrogens is 399 g/mol. The lowest BCUT2D eigenvalue weighted by molar-refractivity contribution is 0.103. The molecule has 1 heterocycles. The molecule has 2 N–H and O–H groups in total. The standard InChI is InChI=1S/C17H12ClFN2O3S2/c18-11-3-1-5-13(9-11)20-17(22)16-15(7-8-25-16)21-26(23,24)14-6-2-4-12(19)10-14/h1-10,21H,(H,20,22). The van der Waals surface area contributed by atoms with Crippen molar-refractivity contribution in [2.75, 3.05) is 10.0 Å². The van der Waals surface area contributed by atoms with Crippen molar-refractivity contribution in [1.29, 1.82) is 0 Å². The number of halogens is 2. The summed E-state index contributed by atoms with van der Waals surface area (Å²) in [4.78, 5) is 12.4. The Labute approximate surface area is 158 Å². The molecule has 0 unspecified atom stereocenters. The summed E-state index contributed by atoms with van der Waals surface area (Å²) < 4.78 is 40.4. The Hall–Kier alpha value is -2.42. The maximum atomic E-state index is 13.3. The van der Waals surface area contributed by atoms with Crippen molar-refractivity contribution >= 4 is 50.2 Å². The largest absolute Gasteiger partial charge is 0.321 e. The average Bonchev–Trinajstić information content (AvgIpc) is 3.02. The fourth-order valence-corrected chi connectivity index (χ4v) is 4.26. The molecule has 3 aromatic rings. The molecular formula is C17H12ClFN2O3S2. The first-order valence-electron chi connectivity index (χ1n) is 7.28. The lowest BCUT2D eigenvalue weighted by atomic mass is 10.3. The highest BCUT2D eigenvalue weighted by molar-refractivity contribution is 7.92. The Morgan fingerprint density at radius 1 is 1.08 bits per heavy atom. The number of hydrogen-bond acceptors (Lipinski definition) is 4. The summed E-state index contributed by atoms with van der Waals surface area (Å²) in [5.41, 5.74) is 0.591. The highest BCUT2D eigenvalue weighted by atomic mass is 35.5. The molecule has 134 valence electrons. The molecule has 0 fully saturated rings. The summed E-state index contributed by atoms with van der Waals surface area (Å²) >= 11 is 6.96. The number of nitrogens with one attached hydrogen (secondary N) is 2. The third kappa shape index (κ3) is 4.21.